The average Bonchev–Trinajstić information content (AvgIpc) is 2.20. The third kappa shape index (κ3) is 2.79. The Bertz CT molecular complexity index is 463. The molecule has 0 bridgehead atoms. The van der Waals surface area contributed by atoms with E-state index in [4.69, 9.17) is 0 Å². The van der Waals surface area contributed by atoms with E-state index < -0.39 is 0 Å². The van der Waals surface area contributed by atoms with E-state index in [9.17, 15) is 9.59 Å². The van der Waals surface area contributed by atoms with Gasteiger partial charge in [0.15, 0.2) is 10.9 Å². The summed E-state index contributed by atoms with van der Waals surface area (Å²) in [5, 5.41) is 0.653. The first-order chi connectivity index (χ1) is 7.06. The minimum absolute atomic E-state index is 0.0917. The predicted octanol–water partition coefficient (Wildman–Crippen LogP) is 1.10. The van der Waals surface area contributed by atoms with Crippen molar-refractivity contribution in [2.75, 3.05) is 6.26 Å². The molecule has 0 fully saturated rings. The third-order valence-electron chi connectivity index (χ3n) is 1.83. The van der Waals surface area contributed by atoms with Gasteiger partial charge in [0.1, 0.15) is 0 Å². The van der Waals surface area contributed by atoms with Gasteiger partial charge in [-0.1, -0.05) is 11.8 Å². The van der Waals surface area contributed by atoms with Crippen molar-refractivity contribution < 1.29 is 4.79 Å². The van der Waals surface area contributed by atoms with Crippen LogP contribution in [-0.4, -0.2) is 21.6 Å². The molecule has 0 radical (unpaired) electrons. The maximum atomic E-state index is 11.7. The highest BCUT2D eigenvalue weighted by atomic mass is 32.2. The van der Waals surface area contributed by atoms with Crippen LogP contribution in [0, 0.1) is 0 Å². The number of allylic oxidation sites excluding steroid dienone is 1. The molecule has 0 amide bonds. The zero-order valence-electron chi connectivity index (χ0n) is 8.85. The van der Waals surface area contributed by atoms with E-state index in [2.05, 4.69) is 4.98 Å². The van der Waals surface area contributed by atoms with Crippen molar-refractivity contribution >= 4 is 23.6 Å². The predicted molar refractivity (Wildman–Crippen MR) is 61.0 cm³/mol. The van der Waals surface area contributed by atoms with E-state index in [1.165, 1.54) is 41.6 Å². The fourth-order valence-electron chi connectivity index (χ4n) is 1.06. The van der Waals surface area contributed by atoms with Crippen molar-refractivity contribution in [3.63, 3.8) is 0 Å². The highest BCUT2D eigenvalue weighted by molar-refractivity contribution is 7.98. The monoisotopic (exact) mass is 224 g/mol. The lowest BCUT2D eigenvalue weighted by Crippen LogP contribution is -2.21. The smallest absolute Gasteiger partial charge is 0.261 e. The van der Waals surface area contributed by atoms with Gasteiger partial charge in [0, 0.05) is 13.2 Å². The maximum absolute atomic E-state index is 11.7. The molecular weight excluding hydrogens is 212 g/mol. The molecule has 0 aliphatic rings. The fourth-order valence-corrected chi connectivity index (χ4v) is 1.57. The van der Waals surface area contributed by atoms with Crippen LogP contribution in [0.5, 0.6) is 0 Å². The molecule has 0 atom stereocenters. The molecule has 1 aromatic heterocycles. The van der Waals surface area contributed by atoms with E-state index >= 15 is 0 Å². The van der Waals surface area contributed by atoms with E-state index in [0.717, 1.165) is 0 Å². The SMILES string of the molecule is CSc1ncc(/C=C/C(C)=O)c(=O)n1C. The van der Waals surface area contributed by atoms with Crippen LogP contribution in [0.2, 0.25) is 0 Å². The first-order valence-corrected chi connectivity index (χ1v) is 5.57. The zero-order chi connectivity index (χ0) is 11.4. The number of carbonyl (C=O) groups excluding carboxylic acids is 1. The quantitative estimate of drug-likeness (QED) is 0.438. The van der Waals surface area contributed by atoms with Gasteiger partial charge in [0.05, 0.1) is 5.56 Å². The van der Waals surface area contributed by atoms with Crippen LogP contribution in [0.4, 0.5) is 0 Å². The number of hydrogen-bond donors (Lipinski definition) is 0. The summed E-state index contributed by atoms with van der Waals surface area (Å²) in [5.74, 6) is -0.0917. The third-order valence-corrected chi connectivity index (χ3v) is 2.58. The van der Waals surface area contributed by atoms with Gasteiger partial charge in [-0.05, 0) is 25.3 Å². The van der Waals surface area contributed by atoms with Crippen molar-refractivity contribution in [2.24, 2.45) is 7.05 Å². The zero-order valence-corrected chi connectivity index (χ0v) is 9.67. The van der Waals surface area contributed by atoms with Crippen molar-refractivity contribution in [2.45, 2.75) is 12.1 Å². The topological polar surface area (TPSA) is 52.0 Å². The Morgan fingerprint density at radius 3 is 2.80 bits per heavy atom. The molecule has 15 heavy (non-hydrogen) atoms. The highest BCUT2D eigenvalue weighted by Crippen LogP contribution is 2.07. The van der Waals surface area contributed by atoms with Gasteiger partial charge < -0.3 is 0 Å². The summed E-state index contributed by atoms with van der Waals surface area (Å²) in [5.41, 5.74) is 0.275. The summed E-state index contributed by atoms with van der Waals surface area (Å²) in [6.07, 6.45) is 6.18. The Morgan fingerprint density at radius 1 is 1.60 bits per heavy atom. The molecule has 1 rings (SSSR count). The maximum Gasteiger partial charge on any atom is 0.261 e. The van der Waals surface area contributed by atoms with E-state index in [1.807, 2.05) is 6.26 Å². The van der Waals surface area contributed by atoms with E-state index in [0.29, 0.717) is 10.7 Å². The number of nitrogens with zero attached hydrogens (tertiary/aromatic N) is 2. The minimum atomic E-state index is -0.146. The molecule has 0 unspecified atom stereocenters. The average molecular weight is 224 g/mol. The number of hydrogen-bond acceptors (Lipinski definition) is 4. The molecule has 0 saturated carbocycles. The molecule has 0 saturated heterocycles. The van der Waals surface area contributed by atoms with Crippen LogP contribution in [0.15, 0.2) is 22.2 Å². The molecule has 0 aromatic carbocycles. The fraction of sp³-hybridized carbons (Fsp3) is 0.300. The van der Waals surface area contributed by atoms with Crippen molar-refractivity contribution in [3.05, 3.63) is 28.2 Å². The van der Waals surface area contributed by atoms with Gasteiger partial charge in [0.25, 0.3) is 5.56 Å². The van der Waals surface area contributed by atoms with Gasteiger partial charge in [-0.3, -0.25) is 14.2 Å². The number of ketones is 1. The molecule has 1 heterocycles. The Morgan fingerprint density at radius 2 is 2.27 bits per heavy atom. The minimum Gasteiger partial charge on any atom is -0.295 e. The van der Waals surface area contributed by atoms with Crippen molar-refractivity contribution in [3.8, 4) is 0 Å². The summed E-state index contributed by atoms with van der Waals surface area (Å²) in [6, 6.07) is 0. The Kier molecular flexibility index (Phi) is 3.85. The normalized spacial score (nSPS) is 10.9. The number of carbonyl (C=O) groups is 1. The first-order valence-electron chi connectivity index (χ1n) is 4.35. The second-order valence-electron chi connectivity index (χ2n) is 3.01. The number of rotatable bonds is 3. The molecule has 1 aromatic rings. The van der Waals surface area contributed by atoms with E-state index in [-0.39, 0.29) is 11.3 Å². The molecule has 4 nitrogen and oxygen atoms in total. The van der Waals surface area contributed by atoms with Gasteiger partial charge in [-0.2, -0.15) is 0 Å². The van der Waals surface area contributed by atoms with Gasteiger partial charge in [-0.25, -0.2) is 4.98 Å². The standard InChI is InChI=1S/C10H12N2O2S/c1-7(13)4-5-8-6-11-10(15-3)12(2)9(8)14/h4-6H,1-3H3/b5-4+. The molecular formula is C10H12N2O2S. The number of thioether (sulfide) groups is 1. The van der Waals surface area contributed by atoms with Gasteiger partial charge in [0.2, 0.25) is 0 Å². The van der Waals surface area contributed by atoms with Crippen LogP contribution < -0.4 is 5.56 Å². The van der Waals surface area contributed by atoms with Crippen LogP contribution in [0.3, 0.4) is 0 Å². The molecule has 0 spiro atoms. The summed E-state index contributed by atoms with van der Waals surface area (Å²) in [6.45, 7) is 1.44. The van der Waals surface area contributed by atoms with Gasteiger partial charge >= 0.3 is 0 Å². The van der Waals surface area contributed by atoms with Crippen molar-refractivity contribution in [1.82, 2.24) is 9.55 Å². The largest absolute Gasteiger partial charge is 0.295 e. The molecule has 0 aliphatic heterocycles. The Labute approximate surface area is 92.0 Å². The lowest BCUT2D eigenvalue weighted by atomic mass is 10.3. The number of aromatic nitrogens is 2. The van der Waals surface area contributed by atoms with Crippen LogP contribution in [0.25, 0.3) is 6.08 Å². The summed E-state index contributed by atoms with van der Waals surface area (Å²) >= 11 is 1.40. The second-order valence-corrected chi connectivity index (χ2v) is 3.78. The molecule has 5 heteroatoms. The first kappa shape index (κ1) is 11.7. The molecule has 0 N–H and O–H groups in total. The van der Waals surface area contributed by atoms with Crippen molar-refractivity contribution in [1.29, 1.82) is 0 Å². The summed E-state index contributed by atoms with van der Waals surface area (Å²) in [4.78, 5) is 26.5. The van der Waals surface area contributed by atoms with E-state index in [1.54, 1.807) is 7.05 Å². The van der Waals surface area contributed by atoms with Crippen LogP contribution in [-0.2, 0) is 11.8 Å². The summed E-state index contributed by atoms with van der Waals surface area (Å²) < 4.78 is 1.46. The highest BCUT2D eigenvalue weighted by Gasteiger charge is 2.03. The molecule has 0 aliphatic carbocycles. The lowest BCUT2D eigenvalue weighted by Gasteiger charge is -2.03. The second kappa shape index (κ2) is 4.93. The lowest BCUT2D eigenvalue weighted by molar-refractivity contribution is -0.112. The summed E-state index contributed by atoms with van der Waals surface area (Å²) in [7, 11) is 1.66. The Balaban J connectivity index is 3.18. The molecule has 80 valence electrons. The van der Waals surface area contributed by atoms with Gasteiger partial charge in [-0.15, -0.1) is 0 Å². The Hall–Kier alpha value is -1.36. The van der Waals surface area contributed by atoms with Crippen LogP contribution >= 0.6 is 11.8 Å². The van der Waals surface area contributed by atoms with Crippen LogP contribution in [0.1, 0.15) is 12.5 Å².